The van der Waals surface area contributed by atoms with Crippen molar-refractivity contribution in [3.63, 3.8) is 0 Å². The minimum atomic E-state index is -0.413. The Hall–Kier alpha value is -1.58. The second-order valence-corrected chi connectivity index (χ2v) is 10.9. The Morgan fingerprint density at radius 1 is 1.17 bits per heavy atom. The fourth-order valence-corrected chi connectivity index (χ4v) is 9.17. The molecule has 5 aliphatic rings. The van der Waals surface area contributed by atoms with E-state index in [0.29, 0.717) is 17.4 Å². The van der Waals surface area contributed by atoms with Crippen LogP contribution in [0.4, 0.5) is 0 Å². The van der Waals surface area contributed by atoms with E-state index in [-0.39, 0.29) is 18.7 Å². The number of carbonyl (C=O) groups excluding carboxylic acids is 2. The first kappa shape index (κ1) is 20.3. The molecule has 9 atom stereocenters. The van der Waals surface area contributed by atoms with E-state index >= 15 is 0 Å². The molecule has 0 aliphatic heterocycles. The molecule has 0 aromatic rings. The molecule has 5 saturated carbocycles. The van der Waals surface area contributed by atoms with Crippen LogP contribution in [-0.2, 0) is 19.1 Å². The first-order valence-electron chi connectivity index (χ1n) is 12.1. The number of rotatable bonds is 8. The molecule has 30 heavy (non-hydrogen) atoms. The van der Waals surface area contributed by atoms with Crippen molar-refractivity contribution in [3.8, 4) is 0 Å². The Balaban J connectivity index is 1.39. The van der Waals surface area contributed by atoms with Crippen LogP contribution in [0.5, 0.6) is 0 Å². The van der Waals surface area contributed by atoms with E-state index in [4.69, 9.17) is 9.47 Å². The number of ether oxygens (including phenoxy) is 2. The minimum absolute atomic E-state index is 0.204. The van der Waals surface area contributed by atoms with E-state index < -0.39 is 5.97 Å². The lowest BCUT2D eigenvalue weighted by Crippen LogP contribution is -2.45. The van der Waals surface area contributed by atoms with Crippen molar-refractivity contribution >= 4 is 11.9 Å². The predicted octanol–water partition coefficient (Wildman–Crippen LogP) is 5.08. The molecule has 5 rings (SSSR count). The van der Waals surface area contributed by atoms with Crippen molar-refractivity contribution in [1.29, 1.82) is 0 Å². The van der Waals surface area contributed by atoms with E-state index in [2.05, 4.69) is 13.2 Å². The third kappa shape index (κ3) is 3.00. The molecular formula is C26H36O4. The molecule has 4 bridgehead atoms. The van der Waals surface area contributed by atoms with Gasteiger partial charge in [-0.25, -0.2) is 9.59 Å². The van der Waals surface area contributed by atoms with Crippen LogP contribution in [0.1, 0.15) is 64.7 Å². The maximum atomic E-state index is 12.4. The number of esters is 2. The second-order valence-electron chi connectivity index (χ2n) is 10.9. The molecule has 0 radical (unpaired) electrons. The van der Waals surface area contributed by atoms with Gasteiger partial charge in [0.15, 0.2) is 0 Å². The summed E-state index contributed by atoms with van der Waals surface area (Å²) in [6.45, 7) is 9.21. The van der Waals surface area contributed by atoms with Gasteiger partial charge in [-0.05, 0) is 98.7 Å². The van der Waals surface area contributed by atoms with Crippen LogP contribution in [0.3, 0.4) is 0 Å². The van der Waals surface area contributed by atoms with Gasteiger partial charge < -0.3 is 9.47 Å². The largest absolute Gasteiger partial charge is 0.462 e. The van der Waals surface area contributed by atoms with Gasteiger partial charge in [-0.15, -0.1) is 0 Å². The van der Waals surface area contributed by atoms with Gasteiger partial charge in [0.25, 0.3) is 0 Å². The van der Waals surface area contributed by atoms with Crippen LogP contribution in [0.15, 0.2) is 24.8 Å². The van der Waals surface area contributed by atoms with E-state index in [9.17, 15) is 9.59 Å². The van der Waals surface area contributed by atoms with Gasteiger partial charge in [0.05, 0.1) is 6.61 Å². The standard InChI is InChI=1S/C26H36O4/c1-4-22(27)29-11-10-18(30-25(28)15(2)3)13-26-14-20(19-6-5-7-21(19)26)23-16-8-9-17(12-16)24(23)26/h4,16-21,23-24H,1-2,5-14H2,3H3. The van der Waals surface area contributed by atoms with Crippen molar-refractivity contribution in [2.24, 2.45) is 46.8 Å². The van der Waals surface area contributed by atoms with Gasteiger partial charge in [-0.2, -0.15) is 0 Å². The van der Waals surface area contributed by atoms with Crippen LogP contribution in [-0.4, -0.2) is 24.6 Å². The molecule has 5 aliphatic carbocycles. The van der Waals surface area contributed by atoms with Gasteiger partial charge in [-0.1, -0.05) is 19.6 Å². The van der Waals surface area contributed by atoms with Crippen molar-refractivity contribution in [2.45, 2.75) is 70.8 Å². The normalized spacial score (nSPS) is 43.2. The molecule has 0 heterocycles. The zero-order valence-electron chi connectivity index (χ0n) is 18.3. The molecule has 0 aromatic carbocycles. The third-order valence-electron chi connectivity index (χ3n) is 9.69. The molecule has 0 N–H and O–H groups in total. The highest BCUT2D eigenvalue weighted by Gasteiger charge is 2.72. The fraction of sp³-hybridized carbons (Fsp3) is 0.769. The number of hydrogen-bond donors (Lipinski definition) is 0. The Morgan fingerprint density at radius 3 is 2.73 bits per heavy atom. The fourth-order valence-electron chi connectivity index (χ4n) is 9.17. The van der Waals surface area contributed by atoms with Crippen molar-refractivity contribution in [1.82, 2.24) is 0 Å². The molecule has 4 nitrogen and oxygen atoms in total. The quantitative estimate of drug-likeness (QED) is 0.317. The maximum absolute atomic E-state index is 12.4. The molecule has 9 unspecified atom stereocenters. The minimum Gasteiger partial charge on any atom is -0.462 e. The van der Waals surface area contributed by atoms with Gasteiger partial charge in [0.1, 0.15) is 6.10 Å². The van der Waals surface area contributed by atoms with Gasteiger partial charge in [0, 0.05) is 18.1 Å². The molecule has 0 amide bonds. The molecule has 5 fully saturated rings. The highest BCUT2D eigenvalue weighted by molar-refractivity contribution is 5.87. The van der Waals surface area contributed by atoms with Gasteiger partial charge in [0.2, 0.25) is 0 Å². The summed E-state index contributed by atoms with van der Waals surface area (Å²) in [5.41, 5.74) is 0.770. The first-order chi connectivity index (χ1) is 14.4. The Labute approximate surface area is 180 Å². The zero-order valence-corrected chi connectivity index (χ0v) is 18.3. The van der Waals surface area contributed by atoms with Crippen molar-refractivity contribution in [2.75, 3.05) is 6.61 Å². The van der Waals surface area contributed by atoms with E-state index in [1.54, 1.807) is 6.92 Å². The highest BCUT2D eigenvalue weighted by atomic mass is 16.6. The summed E-state index contributed by atoms with van der Waals surface area (Å²) >= 11 is 0. The van der Waals surface area contributed by atoms with Crippen LogP contribution < -0.4 is 0 Å². The lowest BCUT2D eigenvalue weighted by molar-refractivity contribution is -0.150. The highest BCUT2D eigenvalue weighted by Crippen LogP contribution is 2.79. The summed E-state index contributed by atoms with van der Waals surface area (Å²) in [4.78, 5) is 23.9. The summed E-state index contributed by atoms with van der Waals surface area (Å²) in [6.07, 6.45) is 12.3. The lowest BCUT2D eigenvalue weighted by atomic mass is 9.56. The molecule has 4 heteroatoms. The van der Waals surface area contributed by atoms with Crippen LogP contribution in [0, 0.1) is 46.8 Å². The van der Waals surface area contributed by atoms with Crippen LogP contribution in [0.25, 0.3) is 0 Å². The summed E-state index contributed by atoms with van der Waals surface area (Å²) in [7, 11) is 0. The molecular weight excluding hydrogens is 376 g/mol. The Kier molecular flexibility index (Phi) is 5.10. The second kappa shape index (κ2) is 7.53. The maximum Gasteiger partial charge on any atom is 0.333 e. The van der Waals surface area contributed by atoms with E-state index in [1.165, 1.54) is 51.0 Å². The van der Waals surface area contributed by atoms with Gasteiger partial charge >= 0.3 is 11.9 Å². The topological polar surface area (TPSA) is 52.6 Å². The van der Waals surface area contributed by atoms with Crippen molar-refractivity contribution in [3.05, 3.63) is 24.8 Å². The smallest absolute Gasteiger partial charge is 0.333 e. The molecule has 164 valence electrons. The average Bonchev–Trinajstić information content (AvgIpc) is 3.50. The van der Waals surface area contributed by atoms with E-state index in [1.807, 2.05) is 0 Å². The van der Waals surface area contributed by atoms with Crippen LogP contribution in [0.2, 0.25) is 0 Å². The summed E-state index contributed by atoms with van der Waals surface area (Å²) in [6, 6.07) is 0. The number of hydrogen-bond acceptors (Lipinski definition) is 4. The average molecular weight is 413 g/mol. The van der Waals surface area contributed by atoms with E-state index in [0.717, 1.165) is 47.8 Å². The number of carbonyl (C=O) groups is 2. The molecule has 0 aromatic heterocycles. The summed E-state index contributed by atoms with van der Waals surface area (Å²) in [5.74, 6) is 5.51. The summed E-state index contributed by atoms with van der Waals surface area (Å²) in [5, 5.41) is 0. The third-order valence-corrected chi connectivity index (χ3v) is 9.69. The van der Waals surface area contributed by atoms with Crippen LogP contribution >= 0.6 is 0 Å². The zero-order chi connectivity index (χ0) is 21.0. The Morgan fingerprint density at radius 2 is 1.97 bits per heavy atom. The van der Waals surface area contributed by atoms with Crippen molar-refractivity contribution < 1.29 is 19.1 Å². The number of fused-ring (bicyclic) bond motifs is 12. The van der Waals surface area contributed by atoms with Gasteiger partial charge in [-0.3, -0.25) is 0 Å². The first-order valence-corrected chi connectivity index (χ1v) is 12.1. The Bertz CT molecular complexity index is 756. The molecule has 0 saturated heterocycles. The monoisotopic (exact) mass is 412 g/mol. The predicted molar refractivity (Wildman–Crippen MR) is 114 cm³/mol. The molecule has 0 spiro atoms. The SMILES string of the molecule is C=CC(=O)OCCC(CC12CC(C3CCCC31)C1C3CCC(C3)C12)OC(=O)C(=C)C. The lowest BCUT2D eigenvalue weighted by Gasteiger charge is -2.49. The summed E-state index contributed by atoms with van der Waals surface area (Å²) < 4.78 is 11.2.